The highest BCUT2D eigenvalue weighted by Gasteiger charge is 2.15. The highest BCUT2D eigenvalue weighted by molar-refractivity contribution is 6.32. The first kappa shape index (κ1) is 18.9. The predicted octanol–water partition coefficient (Wildman–Crippen LogP) is 2.61. The Kier molecular flexibility index (Phi) is 5.13. The van der Waals surface area contributed by atoms with Gasteiger partial charge < -0.3 is 14.6 Å². The van der Waals surface area contributed by atoms with Gasteiger partial charge >= 0.3 is 0 Å². The molecule has 0 unspecified atom stereocenters. The van der Waals surface area contributed by atoms with Gasteiger partial charge in [0.15, 0.2) is 17.3 Å². The maximum Gasteiger partial charge on any atom is 0.261 e. The molecule has 0 atom stereocenters. The molecular formula is C19H17ClN6O3. The predicted molar refractivity (Wildman–Crippen MR) is 105 cm³/mol. The molecule has 0 bridgehead atoms. The van der Waals surface area contributed by atoms with Gasteiger partial charge in [0.1, 0.15) is 5.75 Å². The topological polar surface area (TPSA) is 107 Å². The summed E-state index contributed by atoms with van der Waals surface area (Å²) in [7, 11) is 1.54. The lowest BCUT2D eigenvalue weighted by Gasteiger charge is -2.07. The molecule has 0 aliphatic carbocycles. The summed E-state index contributed by atoms with van der Waals surface area (Å²) in [5.74, 6) is 1.89. The van der Waals surface area contributed by atoms with Crippen LogP contribution in [0.15, 0.2) is 41.1 Å². The van der Waals surface area contributed by atoms with Crippen molar-refractivity contribution in [1.29, 1.82) is 0 Å². The number of pyridine rings is 1. The van der Waals surface area contributed by atoms with Gasteiger partial charge in [-0.2, -0.15) is 4.98 Å². The Hall–Kier alpha value is -3.46. The molecular weight excluding hydrogens is 396 g/mol. The summed E-state index contributed by atoms with van der Waals surface area (Å²) in [4.78, 5) is 16.6. The number of hydrogen-bond donors (Lipinski definition) is 1. The third kappa shape index (κ3) is 3.90. The van der Waals surface area contributed by atoms with E-state index in [4.69, 9.17) is 20.9 Å². The number of carbonyl (C=O) groups is 1. The van der Waals surface area contributed by atoms with Crippen molar-refractivity contribution in [2.75, 3.05) is 7.11 Å². The second kappa shape index (κ2) is 7.88. The van der Waals surface area contributed by atoms with Crippen molar-refractivity contribution in [3.8, 4) is 17.2 Å². The Bertz CT molecular complexity index is 1190. The van der Waals surface area contributed by atoms with Crippen LogP contribution in [0.25, 0.3) is 17.1 Å². The van der Waals surface area contributed by atoms with E-state index in [2.05, 4.69) is 25.7 Å². The summed E-state index contributed by atoms with van der Waals surface area (Å²) >= 11 is 6.11. The number of hydrogen-bond acceptors (Lipinski definition) is 7. The van der Waals surface area contributed by atoms with Crippen LogP contribution < -0.4 is 10.1 Å². The number of aromatic nitrogens is 5. The summed E-state index contributed by atoms with van der Waals surface area (Å²) in [6.07, 6.45) is 2.00. The number of halogens is 1. The zero-order valence-corrected chi connectivity index (χ0v) is 16.5. The Morgan fingerprint density at radius 3 is 2.90 bits per heavy atom. The van der Waals surface area contributed by atoms with E-state index in [9.17, 15) is 4.79 Å². The van der Waals surface area contributed by atoms with E-state index in [0.29, 0.717) is 39.5 Å². The van der Waals surface area contributed by atoms with Crippen molar-refractivity contribution in [3.63, 3.8) is 0 Å². The number of rotatable bonds is 6. The van der Waals surface area contributed by atoms with Crippen LogP contribution in [0, 0.1) is 6.92 Å². The third-order valence-corrected chi connectivity index (χ3v) is 4.58. The molecule has 29 heavy (non-hydrogen) atoms. The van der Waals surface area contributed by atoms with Gasteiger partial charge in [0.2, 0.25) is 5.91 Å². The number of amides is 1. The summed E-state index contributed by atoms with van der Waals surface area (Å²) in [6.45, 7) is 1.96. The Morgan fingerprint density at radius 1 is 1.31 bits per heavy atom. The number of benzene rings is 1. The van der Waals surface area contributed by atoms with Gasteiger partial charge in [0.25, 0.3) is 5.89 Å². The largest absolute Gasteiger partial charge is 0.495 e. The fraction of sp³-hybridized carbons (Fsp3) is 0.211. The molecule has 148 valence electrons. The fourth-order valence-corrected chi connectivity index (χ4v) is 3.18. The molecule has 1 N–H and O–H groups in total. The second-order valence-corrected chi connectivity index (χ2v) is 6.71. The SMILES string of the molecule is COc1ccc(CC(=O)NCc2nnc3c(-c4nc(C)no4)cccn23)cc1Cl. The highest BCUT2D eigenvalue weighted by atomic mass is 35.5. The smallest absolute Gasteiger partial charge is 0.261 e. The lowest BCUT2D eigenvalue weighted by atomic mass is 10.1. The standard InChI is InChI=1S/C19H17ClN6O3/c1-11-22-19(29-25-11)13-4-3-7-26-16(23-24-18(13)26)10-21-17(27)9-12-5-6-15(28-2)14(20)8-12/h3-8H,9-10H2,1-2H3,(H,21,27). The maximum atomic E-state index is 12.3. The molecule has 0 fully saturated rings. The third-order valence-electron chi connectivity index (χ3n) is 4.29. The number of methoxy groups -OCH3 is 1. The van der Waals surface area contributed by atoms with Crippen molar-refractivity contribution in [3.05, 3.63) is 58.8 Å². The summed E-state index contributed by atoms with van der Waals surface area (Å²) in [6, 6.07) is 8.90. The van der Waals surface area contributed by atoms with E-state index < -0.39 is 0 Å². The lowest BCUT2D eigenvalue weighted by Crippen LogP contribution is -2.25. The monoisotopic (exact) mass is 412 g/mol. The Balaban J connectivity index is 1.47. The van der Waals surface area contributed by atoms with Crippen LogP contribution in [0.4, 0.5) is 0 Å². The van der Waals surface area contributed by atoms with Gasteiger partial charge in [-0.3, -0.25) is 9.20 Å². The number of nitrogens with zero attached hydrogens (tertiary/aromatic N) is 5. The van der Waals surface area contributed by atoms with E-state index >= 15 is 0 Å². The van der Waals surface area contributed by atoms with E-state index in [1.54, 1.807) is 36.6 Å². The van der Waals surface area contributed by atoms with E-state index in [1.165, 1.54) is 0 Å². The molecule has 4 aromatic rings. The normalized spacial score (nSPS) is 11.0. The maximum absolute atomic E-state index is 12.3. The van der Waals surface area contributed by atoms with Gasteiger partial charge in [-0.15, -0.1) is 10.2 Å². The van der Waals surface area contributed by atoms with Gasteiger partial charge in [0.05, 0.1) is 30.7 Å². The summed E-state index contributed by atoms with van der Waals surface area (Å²) in [5, 5.41) is 15.5. The van der Waals surface area contributed by atoms with Crippen molar-refractivity contribution in [2.24, 2.45) is 0 Å². The van der Waals surface area contributed by atoms with E-state index in [0.717, 1.165) is 5.56 Å². The van der Waals surface area contributed by atoms with Crippen LogP contribution in [0.1, 0.15) is 17.2 Å². The van der Waals surface area contributed by atoms with Gasteiger partial charge in [-0.05, 0) is 36.8 Å². The van der Waals surface area contributed by atoms with Crippen LogP contribution in [-0.4, -0.2) is 37.8 Å². The van der Waals surface area contributed by atoms with Gasteiger partial charge in [-0.25, -0.2) is 0 Å². The molecule has 1 amide bonds. The second-order valence-electron chi connectivity index (χ2n) is 6.30. The Labute approximate surface area is 170 Å². The van der Waals surface area contributed by atoms with Crippen LogP contribution in [0.5, 0.6) is 5.75 Å². The molecule has 10 heteroatoms. The van der Waals surface area contributed by atoms with Crippen molar-refractivity contribution < 1.29 is 14.1 Å². The quantitative estimate of drug-likeness (QED) is 0.518. The molecule has 3 aromatic heterocycles. The minimum absolute atomic E-state index is 0.160. The average molecular weight is 413 g/mol. The molecule has 0 saturated carbocycles. The van der Waals surface area contributed by atoms with Crippen LogP contribution in [0.2, 0.25) is 5.02 Å². The zero-order valence-electron chi connectivity index (χ0n) is 15.7. The number of fused-ring (bicyclic) bond motifs is 1. The Morgan fingerprint density at radius 2 is 2.17 bits per heavy atom. The molecule has 9 nitrogen and oxygen atoms in total. The molecule has 0 aliphatic rings. The van der Waals surface area contributed by atoms with E-state index in [1.807, 2.05) is 18.3 Å². The number of ether oxygens (including phenoxy) is 1. The minimum atomic E-state index is -0.160. The molecule has 0 saturated heterocycles. The number of carbonyl (C=O) groups excluding carboxylic acids is 1. The molecule has 0 aliphatic heterocycles. The highest BCUT2D eigenvalue weighted by Crippen LogP contribution is 2.25. The summed E-state index contributed by atoms with van der Waals surface area (Å²) in [5.41, 5.74) is 2.03. The molecule has 0 spiro atoms. The van der Waals surface area contributed by atoms with Crippen molar-refractivity contribution in [2.45, 2.75) is 19.9 Å². The van der Waals surface area contributed by atoms with Crippen molar-refractivity contribution >= 4 is 23.2 Å². The number of aryl methyl sites for hydroxylation is 1. The zero-order chi connectivity index (χ0) is 20.4. The van der Waals surface area contributed by atoms with Crippen molar-refractivity contribution in [1.82, 2.24) is 30.1 Å². The van der Waals surface area contributed by atoms with Gasteiger partial charge in [0, 0.05) is 6.20 Å². The molecule has 0 radical (unpaired) electrons. The van der Waals surface area contributed by atoms with E-state index in [-0.39, 0.29) is 18.9 Å². The molecule has 3 heterocycles. The first-order chi connectivity index (χ1) is 14.0. The van der Waals surface area contributed by atoms with Crippen LogP contribution >= 0.6 is 11.6 Å². The fourth-order valence-electron chi connectivity index (χ4n) is 2.90. The van der Waals surface area contributed by atoms with Crippen LogP contribution in [0.3, 0.4) is 0 Å². The first-order valence-electron chi connectivity index (χ1n) is 8.77. The average Bonchev–Trinajstić information content (AvgIpc) is 3.32. The minimum Gasteiger partial charge on any atom is -0.495 e. The van der Waals surface area contributed by atoms with Crippen LogP contribution in [-0.2, 0) is 17.8 Å². The number of nitrogens with one attached hydrogen (secondary N) is 1. The first-order valence-corrected chi connectivity index (χ1v) is 9.15. The van der Waals surface area contributed by atoms with Gasteiger partial charge in [-0.1, -0.05) is 22.8 Å². The molecule has 1 aromatic carbocycles. The molecule has 4 rings (SSSR count). The summed E-state index contributed by atoms with van der Waals surface area (Å²) < 4.78 is 12.1. The lowest BCUT2D eigenvalue weighted by molar-refractivity contribution is -0.120.